The minimum absolute atomic E-state index is 0.0325. The van der Waals surface area contributed by atoms with E-state index in [2.05, 4.69) is 13.8 Å². The Kier molecular flexibility index (Phi) is 7.43. The summed E-state index contributed by atoms with van der Waals surface area (Å²) in [5.74, 6) is -1.42. The zero-order chi connectivity index (χ0) is 26.7. The van der Waals surface area contributed by atoms with E-state index in [9.17, 15) is 19.5 Å². The first kappa shape index (κ1) is 25.7. The molecule has 7 heteroatoms. The summed E-state index contributed by atoms with van der Waals surface area (Å²) in [6.07, 6.45) is 0. The molecule has 190 valence electrons. The second-order valence-corrected chi connectivity index (χ2v) is 9.31. The quantitative estimate of drug-likeness (QED) is 0.201. The van der Waals surface area contributed by atoms with E-state index in [1.807, 2.05) is 13.0 Å². The van der Waals surface area contributed by atoms with Gasteiger partial charge in [-0.1, -0.05) is 50.2 Å². The van der Waals surface area contributed by atoms with Crippen molar-refractivity contribution in [2.45, 2.75) is 26.8 Å². The molecule has 0 bridgehead atoms. The van der Waals surface area contributed by atoms with Gasteiger partial charge >= 0.3 is 5.97 Å². The number of Topliss-reactive ketones (excluding diaryl/α,β-unsaturated/α-hetero) is 1. The molecule has 1 aliphatic heterocycles. The van der Waals surface area contributed by atoms with Crippen molar-refractivity contribution in [3.63, 3.8) is 0 Å². The molecule has 1 aliphatic rings. The SMILES string of the molecule is COC(=O)c1cccc(N2C(=O)C(=O)/C(=C(/O)c3ccc(OCC(C)C)c(C)c3)C2c2ccccc2)c1. The van der Waals surface area contributed by atoms with Crippen molar-refractivity contribution in [2.75, 3.05) is 18.6 Å². The first-order valence-electron chi connectivity index (χ1n) is 12.0. The lowest BCUT2D eigenvalue weighted by Gasteiger charge is -2.25. The first-order valence-corrected chi connectivity index (χ1v) is 12.0. The number of methoxy groups -OCH3 is 1. The number of amides is 1. The van der Waals surface area contributed by atoms with Crippen LogP contribution in [0.15, 0.2) is 78.4 Å². The highest BCUT2D eigenvalue weighted by molar-refractivity contribution is 6.51. The highest BCUT2D eigenvalue weighted by Crippen LogP contribution is 2.42. The summed E-state index contributed by atoms with van der Waals surface area (Å²) >= 11 is 0. The van der Waals surface area contributed by atoms with Crippen LogP contribution in [0, 0.1) is 12.8 Å². The summed E-state index contributed by atoms with van der Waals surface area (Å²) in [5.41, 5.74) is 2.38. The number of carbonyl (C=O) groups is 3. The van der Waals surface area contributed by atoms with Crippen LogP contribution in [0.25, 0.3) is 5.76 Å². The van der Waals surface area contributed by atoms with E-state index in [-0.39, 0.29) is 16.9 Å². The van der Waals surface area contributed by atoms with Gasteiger partial charge in [0.1, 0.15) is 11.5 Å². The molecule has 0 aliphatic carbocycles. The van der Waals surface area contributed by atoms with Crippen molar-refractivity contribution in [3.8, 4) is 5.75 Å². The molecule has 3 aromatic carbocycles. The summed E-state index contributed by atoms with van der Waals surface area (Å²) in [7, 11) is 1.27. The fourth-order valence-corrected chi connectivity index (χ4v) is 4.32. The average molecular weight is 500 g/mol. The molecule has 0 spiro atoms. The molecule has 4 rings (SSSR count). The molecule has 0 aromatic heterocycles. The third-order valence-corrected chi connectivity index (χ3v) is 6.13. The molecule has 0 radical (unpaired) electrons. The monoisotopic (exact) mass is 499 g/mol. The largest absolute Gasteiger partial charge is 0.507 e. The van der Waals surface area contributed by atoms with Crippen molar-refractivity contribution >= 4 is 29.1 Å². The van der Waals surface area contributed by atoms with Gasteiger partial charge in [-0.2, -0.15) is 0 Å². The van der Waals surface area contributed by atoms with Crippen molar-refractivity contribution in [3.05, 3.63) is 101 Å². The Morgan fingerprint density at radius 1 is 0.973 bits per heavy atom. The average Bonchev–Trinajstić information content (AvgIpc) is 3.17. The third kappa shape index (κ3) is 5.11. The number of ketones is 1. The lowest BCUT2D eigenvalue weighted by molar-refractivity contribution is -0.132. The van der Waals surface area contributed by atoms with Gasteiger partial charge in [0.2, 0.25) is 0 Å². The number of ether oxygens (including phenoxy) is 2. The molecule has 0 saturated carbocycles. The number of carbonyl (C=O) groups excluding carboxylic acids is 3. The van der Waals surface area contributed by atoms with Crippen LogP contribution < -0.4 is 9.64 Å². The van der Waals surface area contributed by atoms with Gasteiger partial charge in [0.25, 0.3) is 11.7 Å². The lowest BCUT2D eigenvalue weighted by Crippen LogP contribution is -2.29. The van der Waals surface area contributed by atoms with E-state index in [1.165, 1.54) is 18.1 Å². The van der Waals surface area contributed by atoms with Gasteiger partial charge in [0, 0.05) is 11.3 Å². The fourth-order valence-electron chi connectivity index (χ4n) is 4.32. The highest BCUT2D eigenvalue weighted by atomic mass is 16.5. The second kappa shape index (κ2) is 10.7. The normalized spacial score (nSPS) is 16.8. The molecule has 1 heterocycles. The summed E-state index contributed by atoms with van der Waals surface area (Å²) in [5, 5.41) is 11.4. The minimum atomic E-state index is -0.897. The molecule has 1 atom stereocenters. The summed E-state index contributed by atoms with van der Waals surface area (Å²) in [6.45, 7) is 6.52. The van der Waals surface area contributed by atoms with Gasteiger partial charge in [-0.25, -0.2) is 4.79 Å². The number of benzene rings is 3. The molecule has 3 aromatic rings. The van der Waals surface area contributed by atoms with Crippen LogP contribution >= 0.6 is 0 Å². The predicted molar refractivity (Wildman–Crippen MR) is 141 cm³/mol. The number of aliphatic hydroxyl groups excluding tert-OH is 1. The first-order chi connectivity index (χ1) is 17.7. The Bertz CT molecular complexity index is 1380. The molecule has 1 saturated heterocycles. The summed E-state index contributed by atoms with van der Waals surface area (Å²) in [4.78, 5) is 40.2. The van der Waals surface area contributed by atoms with Crippen LogP contribution in [0.2, 0.25) is 0 Å². The number of anilines is 1. The molecule has 1 N–H and O–H groups in total. The Morgan fingerprint density at radius 2 is 1.70 bits per heavy atom. The van der Waals surface area contributed by atoms with E-state index in [1.54, 1.807) is 60.7 Å². The number of hydrogen-bond acceptors (Lipinski definition) is 6. The highest BCUT2D eigenvalue weighted by Gasteiger charge is 2.47. The standard InChI is InChI=1S/C30H29NO6/c1-18(2)17-37-24-14-13-21(15-19(24)3)27(32)25-26(20-9-6-5-7-10-20)31(29(34)28(25)33)23-12-8-11-22(16-23)30(35)36-4/h5-16,18,26,32H,17H2,1-4H3/b27-25+. The summed E-state index contributed by atoms with van der Waals surface area (Å²) in [6, 6.07) is 19.6. The molecular formula is C30H29NO6. The van der Waals surface area contributed by atoms with Crippen LogP contribution in [0.3, 0.4) is 0 Å². The van der Waals surface area contributed by atoms with E-state index in [0.717, 1.165) is 5.56 Å². The fraction of sp³-hybridized carbons (Fsp3) is 0.233. The topological polar surface area (TPSA) is 93.1 Å². The van der Waals surface area contributed by atoms with Gasteiger partial charge in [-0.05, 0) is 60.4 Å². The van der Waals surface area contributed by atoms with Crippen molar-refractivity contribution < 1.29 is 29.0 Å². The van der Waals surface area contributed by atoms with Crippen molar-refractivity contribution in [1.29, 1.82) is 0 Å². The Morgan fingerprint density at radius 3 is 2.35 bits per heavy atom. The van der Waals surface area contributed by atoms with Gasteiger partial charge in [0.15, 0.2) is 0 Å². The van der Waals surface area contributed by atoms with Gasteiger partial charge < -0.3 is 14.6 Å². The number of rotatable bonds is 7. The van der Waals surface area contributed by atoms with Gasteiger partial charge in [-0.3, -0.25) is 14.5 Å². The number of nitrogens with zero attached hydrogens (tertiary/aromatic N) is 1. The predicted octanol–water partition coefficient (Wildman–Crippen LogP) is 5.44. The number of aryl methyl sites for hydroxylation is 1. The Hall–Kier alpha value is -4.39. The molecule has 1 fully saturated rings. The minimum Gasteiger partial charge on any atom is -0.507 e. The van der Waals surface area contributed by atoms with Crippen LogP contribution in [-0.4, -0.2) is 36.5 Å². The van der Waals surface area contributed by atoms with Crippen LogP contribution in [-0.2, 0) is 14.3 Å². The Balaban J connectivity index is 1.84. The molecular weight excluding hydrogens is 470 g/mol. The third-order valence-electron chi connectivity index (χ3n) is 6.13. The van der Waals surface area contributed by atoms with Crippen LogP contribution in [0.5, 0.6) is 5.75 Å². The van der Waals surface area contributed by atoms with E-state index < -0.39 is 23.7 Å². The maximum absolute atomic E-state index is 13.4. The number of aliphatic hydroxyl groups is 1. The zero-order valence-corrected chi connectivity index (χ0v) is 21.2. The van der Waals surface area contributed by atoms with E-state index >= 15 is 0 Å². The lowest BCUT2D eigenvalue weighted by atomic mass is 9.94. The maximum atomic E-state index is 13.4. The maximum Gasteiger partial charge on any atom is 0.337 e. The molecule has 37 heavy (non-hydrogen) atoms. The van der Waals surface area contributed by atoms with Gasteiger partial charge in [0.05, 0.1) is 30.9 Å². The van der Waals surface area contributed by atoms with Gasteiger partial charge in [-0.15, -0.1) is 0 Å². The van der Waals surface area contributed by atoms with Crippen LogP contribution in [0.4, 0.5) is 5.69 Å². The van der Waals surface area contributed by atoms with E-state index in [4.69, 9.17) is 9.47 Å². The molecule has 1 unspecified atom stereocenters. The molecule has 7 nitrogen and oxygen atoms in total. The smallest absolute Gasteiger partial charge is 0.337 e. The number of esters is 1. The second-order valence-electron chi connectivity index (χ2n) is 9.31. The Labute approximate surface area is 215 Å². The van der Waals surface area contributed by atoms with E-state index in [0.29, 0.717) is 35.1 Å². The summed E-state index contributed by atoms with van der Waals surface area (Å²) < 4.78 is 10.6. The van der Waals surface area contributed by atoms with Crippen molar-refractivity contribution in [1.82, 2.24) is 0 Å². The van der Waals surface area contributed by atoms with Crippen LogP contribution in [0.1, 0.15) is 46.9 Å². The molecule has 1 amide bonds. The van der Waals surface area contributed by atoms with Crippen molar-refractivity contribution in [2.24, 2.45) is 5.92 Å². The zero-order valence-electron chi connectivity index (χ0n) is 21.2. The number of hydrogen-bond donors (Lipinski definition) is 1.